The molecule has 1 aliphatic rings. The smallest absolute Gasteiger partial charge is 0.222 e. The molecule has 0 spiro atoms. The van der Waals surface area contributed by atoms with E-state index >= 15 is 0 Å². The fourth-order valence-corrected chi connectivity index (χ4v) is 1.79. The predicted octanol–water partition coefficient (Wildman–Crippen LogP) is 3.21. The number of hydrogen-bond acceptors (Lipinski definition) is 1. The molecule has 1 heterocycles. The van der Waals surface area contributed by atoms with Crippen LogP contribution in [-0.4, -0.2) is 23.4 Å². The van der Waals surface area contributed by atoms with Crippen molar-refractivity contribution in [1.29, 1.82) is 0 Å². The van der Waals surface area contributed by atoms with Crippen molar-refractivity contribution in [3.8, 4) is 0 Å². The normalized spacial score (nSPS) is 20.3. The first kappa shape index (κ1) is 13.5. The lowest BCUT2D eigenvalue weighted by Crippen LogP contribution is -2.34. The van der Waals surface area contributed by atoms with Gasteiger partial charge in [-0.05, 0) is 19.3 Å². The zero-order chi connectivity index (χ0) is 11.0. The molecule has 2 nitrogen and oxygen atoms in total. The molecule has 2 heteroatoms. The summed E-state index contributed by atoms with van der Waals surface area (Å²) < 4.78 is 0. The van der Waals surface area contributed by atoms with Crippen LogP contribution in [0.1, 0.15) is 59.8 Å². The van der Waals surface area contributed by atoms with Gasteiger partial charge in [0.15, 0.2) is 0 Å². The van der Waals surface area contributed by atoms with E-state index in [1.165, 1.54) is 19.3 Å². The van der Waals surface area contributed by atoms with Crippen molar-refractivity contribution in [2.45, 2.75) is 65.8 Å². The highest BCUT2D eigenvalue weighted by molar-refractivity contribution is 5.76. The van der Waals surface area contributed by atoms with Crippen molar-refractivity contribution in [1.82, 2.24) is 4.90 Å². The third-order valence-corrected chi connectivity index (χ3v) is 2.47. The summed E-state index contributed by atoms with van der Waals surface area (Å²) in [4.78, 5) is 13.4. The van der Waals surface area contributed by atoms with Crippen LogP contribution in [-0.2, 0) is 4.79 Å². The van der Waals surface area contributed by atoms with E-state index < -0.39 is 0 Å². The minimum absolute atomic E-state index is 0.328. The number of hydrogen-bond donors (Lipinski definition) is 0. The molecule has 14 heavy (non-hydrogen) atoms. The van der Waals surface area contributed by atoms with Gasteiger partial charge in [0.2, 0.25) is 5.91 Å². The lowest BCUT2D eigenvalue weighted by molar-refractivity contribution is -0.131. The van der Waals surface area contributed by atoms with Gasteiger partial charge in [0.1, 0.15) is 0 Å². The molecule has 0 radical (unpaired) electrons. The van der Waals surface area contributed by atoms with Crippen LogP contribution < -0.4 is 0 Å². The molecule has 0 aromatic heterocycles. The number of amides is 1. The Bertz CT molecular complexity index is 156. The van der Waals surface area contributed by atoms with Crippen LogP contribution in [0.2, 0.25) is 0 Å². The van der Waals surface area contributed by atoms with Gasteiger partial charge in [-0.3, -0.25) is 4.79 Å². The SMILES string of the molecule is CCC.CCC(=O)N1CCCC1CC. The Morgan fingerprint density at radius 3 is 2.29 bits per heavy atom. The molecule has 1 rings (SSSR count). The fourth-order valence-electron chi connectivity index (χ4n) is 1.79. The summed E-state index contributed by atoms with van der Waals surface area (Å²) in [5, 5.41) is 0. The number of likely N-dealkylation sites (tertiary alicyclic amines) is 1. The first-order valence-electron chi connectivity index (χ1n) is 6.00. The van der Waals surface area contributed by atoms with E-state index in [1.54, 1.807) is 0 Å². The fraction of sp³-hybridized carbons (Fsp3) is 0.917. The second-order valence-corrected chi connectivity index (χ2v) is 3.85. The Balaban J connectivity index is 0.000000500. The standard InChI is InChI=1S/C9H17NO.C3H8/c1-3-8-6-5-7-10(8)9(11)4-2;1-3-2/h8H,3-7H2,1-2H3;3H2,1-2H3. The van der Waals surface area contributed by atoms with Crippen molar-refractivity contribution in [2.75, 3.05) is 6.54 Å². The van der Waals surface area contributed by atoms with E-state index in [2.05, 4.69) is 20.8 Å². The number of carbonyl (C=O) groups is 1. The maximum atomic E-state index is 11.3. The van der Waals surface area contributed by atoms with Gasteiger partial charge in [0, 0.05) is 19.0 Å². The largest absolute Gasteiger partial charge is 0.340 e. The van der Waals surface area contributed by atoms with Gasteiger partial charge in [-0.15, -0.1) is 0 Å². The Morgan fingerprint density at radius 2 is 1.86 bits per heavy atom. The molecular weight excluding hydrogens is 174 g/mol. The van der Waals surface area contributed by atoms with Gasteiger partial charge in [-0.1, -0.05) is 34.1 Å². The van der Waals surface area contributed by atoms with Crippen LogP contribution in [0.25, 0.3) is 0 Å². The Kier molecular flexibility index (Phi) is 7.54. The van der Waals surface area contributed by atoms with E-state index in [-0.39, 0.29) is 0 Å². The minimum atomic E-state index is 0.328. The molecule has 0 aromatic carbocycles. The highest BCUT2D eigenvalue weighted by atomic mass is 16.2. The van der Waals surface area contributed by atoms with Crippen LogP contribution in [0.5, 0.6) is 0 Å². The molecule has 1 saturated heterocycles. The van der Waals surface area contributed by atoms with E-state index in [4.69, 9.17) is 0 Å². The molecule has 1 unspecified atom stereocenters. The lowest BCUT2D eigenvalue weighted by atomic mass is 10.2. The minimum Gasteiger partial charge on any atom is -0.340 e. The summed E-state index contributed by atoms with van der Waals surface area (Å²) in [6, 6.07) is 0.544. The number of carbonyl (C=O) groups excluding carboxylic acids is 1. The molecule has 84 valence electrons. The van der Waals surface area contributed by atoms with Gasteiger partial charge in [-0.25, -0.2) is 0 Å². The number of nitrogens with zero attached hydrogens (tertiary/aromatic N) is 1. The maximum Gasteiger partial charge on any atom is 0.222 e. The van der Waals surface area contributed by atoms with Gasteiger partial charge in [0.25, 0.3) is 0 Å². The monoisotopic (exact) mass is 199 g/mol. The summed E-state index contributed by atoms with van der Waals surface area (Å²) in [5.41, 5.74) is 0. The zero-order valence-corrected chi connectivity index (χ0v) is 10.2. The van der Waals surface area contributed by atoms with Crippen molar-refractivity contribution < 1.29 is 4.79 Å². The van der Waals surface area contributed by atoms with E-state index in [0.29, 0.717) is 18.4 Å². The van der Waals surface area contributed by atoms with Crippen LogP contribution in [0.4, 0.5) is 0 Å². The van der Waals surface area contributed by atoms with Crippen LogP contribution in [0.3, 0.4) is 0 Å². The molecule has 0 N–H and O–H groups in total. The molecular formula is C12H25NO. The number of rotatable bonds is 2. The van der Waals surface area contributed by atoms with Gasteiger partial charge in [-0.2, -0.15) is 0 Å². The van der Waals surface area contributed by atoms with Crippen LogP contribution in [0, 0.1) is 0 Å². The van der Waals surface area contributed by atoms with Crippen molar-refractivity contribution >= 4 is 5.91 Å². The molecule has 0 bridgehead atoms. The molecule has 0 aliphatic carbocycles. The highest BCUT2D eigenvalue weighted by Gasteiger charge is 2.25. The molecule has 1 aliphatic heterocycles. The second-order valence-electron chi connectivity index (χ2n) is 3.85. The molecule has 0 aromatic rings. The molecule has 1 atom stereocenters. The molecule has 1 fully saturated rings. The summed E-state index contributed by atoms with van der Waals surface area (Å²) in [5.74, 6) is 0.328. The van der Waals surface area contributed by atoms with Gasteiger partial charge in [0.05, 0.1) is 0 Å². The average Bonchev–Trinajstić information content (AvgIpc) is 2.65. The molecule has 0 saturated carbocycles. The van der Waals surface area contributed by atoms with Crippen LogP contribution in [0.15, 0.2) is 0 Å². The van der Waals surface area contributed by atoms with E-state index in [1.807, 2.05) is 11.8 Å². The van der Waals surface area contributed by atoms with Crippen molar-refractivity contribution in [3.05, 3.63) is 0 Å². The van der Waals surface area contributed by atoms with Gasteiger partial charge < -0.3 is 4.90 Å². The zero-order valence-electron chi connectivity index (χ0n) is 10.2. The predicted molar refractivity (Wildman–Crippen MR) is 61.3 cm³/mol. The summed E-state index contributed by atoms with van der Waals surface area (Å²) in [6.45, 7) is 9.34. The Labute approximate surface area is 88.7 Å². The second kappa shape index (κ2) is 7.84. The summed E-state index contributed by atoms with van der Waals surface area (Å²) in [7, 11) is 0. The third-order valence-electron chi connectivity index (χ3n) is 2.47. The highest BCUT2D eigenvalue weighted by Crippen LogP contribution is 2.20. The van der Waals surface area contributed by atoms with Crippen molar-refractivity contribution in [2.24, 2.45) is 0 Å². The quantitative estimate of drug-likeness (QED) is 0.668. The van der Waals surface area contributed by atoms with Gasteiger partial charge >= 0.3 is 0 Å². The average molecular weight is 199 g/mol. The third kappa shape index (κ3) is 4.12. The Hall–Kier alpha value is -0.530. The van der Waals surface area contributed by atoms with Crippen molar-refractivity contribution in [3.63, 3.8) is 0 Å². The lowest BCUT2D eigenvalue weighted by Gasteiger charge is -2.22. The first-order chi connectivity index (χ1) is 6.71. The molecule has 1 amide bonds. The van der Waals surface area contributed by atoms with E-state index in [9.17, 15) is 4.79 Å². The summed E-state index contributed by atoms with van der Waals surface area (Å²) >= 11 is 0. The van der Waals surface area contributed by atoms with E-state index in [0.717, 1.165) is 13.0 Å². The Morgan fingerprint density at radius 1 is 1.29 bits per heavy atom. The summed E-state index contributed by atoms with van der Waals surface area (Å²) in [6.07, 6.45) is 5.44. The first-order valence-corrected chi connectivity index (χ1v) is 6.00. The topological polar surface area (TPSA) is 20.3 Å². The van der Waals surface area contributed by atoms with Crippen LogP contribution >= 0.6 is 0 Å². The maximum absolute atomic E-state index is 11.3.